The number of carbonyl (C=O) groups is 1. The molecule has 24 heavy (non-hydrogen) atoms. The van der Waals surface area contributed by atoms with Crippen molar-refractivity contribution in [2.45, 2.75) is 20.3 Å². The van der Waals surface area contributed by atoms with Crippen LogP contribution in [-0.2, 0) is 18.2 Å². The first-order valence-corrected chi connectivity index (χ1v) is 8.18. The van der Waals surface area contributed by atoms with Gasteiger partial charge in [0, 0.05) is 50.1 Å². The van der Waals surface area contributed by atoms with Crippen LogP contribution in [0.3, 0.4) is 0 Å². The number of rotatable bonds is 3. The molecule has 7 heteroatoms. The summed E-state index contributed by atoms with van der Waals surface area (Å²) in [6.45, 7) is 6.35. The van der Waals surface area contributed by atoms with E-state index in [0.29, 0.717) is 38.3 Å². The molecule has 0 bridgehead atoms. The first-order chi connectivity index (χ1) is 11.5. The van der Waals surface area contributed by atoms with Crippen molar-refractivity contribution < 1.29 is 9.53 Å². The van der Waals surface area contributed by atoms with Crippen LogP contribution in [0.15, 0.2) is 18.5 Å². The van der Waals surface area contributed by atoms with Crippen LogP contribution < -0.4 is 0 Å². The minimum absolute atomic E-state index is 0.0000545. The summed E-state index contributed by atoms with van der Waals surface area (Å²) in [5.41, 5.74) is 2.55. The molecule has 0 spiro atoms. The van der Waals surface area contributed by atoms with Crippen molar-refractivity contribution in [3.8, 4) is 0 Å². The van der Waals surface area contributed by atoms with Crippen LogP contribution in [0, 0.1) is 19.8 Å². The van der Waals surface area contributed by atoms with E-state index in [-0.39, 0.29) is 11.8 Å². The zero-order chi connectivity index (χ0) is 17.1. The lowest BCUT2D eigenvalue weighted by atomic mass is 10.1. The van der Waals surface area contributed by atoms with Gasteiger partial charge in [-0.15, -0.1) is 0 Å². The van der Waals surface area contributed by atoms with E-state index >= 15 is 0 Å². The largest absolute Gasteiger partial charge is 0.379 e. The van der Waals surface area contributed by atoms with Crippen LogP contribution in [0.25, 0.3) is 0 Å². The van der Waals surface area contributed by atoms with E-state index in [4.69, 9.17) is 4.74 Å². The summed E-state index contributed by atoms with van der Waals surface area (Å²) in [6, 6.07) is 1.96. The molecule has 2 aromatic rings. The Hall–Kier alpha value is -2.28. The van der Waals surface area contributed by atoms with E-state index in [2.05, 4.69) is 15.1 Å². The Kier molecular flexibility index (Phi) is 4.89. The Morgan fingerprint density at radius 1 is 1.33 bits per heavy atom. The summed E-state index contributed by atoms with van der Waals surface area (Å²) in [7, 11) is 1.81. The zero-order valence-corrected chi connectivity index (χ0v) is 14.4. The third-order valence-electron chi connectivity index (χ3n) is 4.08. The van der Waals surface area contributed by atoms with Crippen molar-refractivity contribution in [2.75, 3.05) is 26.3 Å². The maximum atomic E-state index is 12.7. The molecule has 0 N–H and O–H groups in total. The van der Waals surface area contributed by atoms with Crippen LogP contribution in [0.1, 0.15) is 27.6 Å². The Balaban J connectivity index is 1.71. The zero-order valence-electron chi connectivity index (χ0n) is 14.4. The maximum Gasteiger partial charge on any atom is 0.257 e. The lowest BCUT2D eigenvalue weighted by molar-refractivity contribution is 0.0737. The van der Waals surface area contributed by atoms with Gasteiger partial charge in [0.25, 0.3) is 5.91 Å². The highest BCUT2D eigenvalue weighted by molar-refractivity contribution is 5.93. The molecular weight excluding hydrogens is 306 g/mol. The molecule has 0 aliphatic carbocycles. The normalized spacial score (nSPS) is 18.5. The second-order valence-electron chi connectivity index (χ2n) is 6.37. The van der Waals surface area contributed by atoms with Gasteiger partial charge in [-0.1, -0.05) is 0 Å². The van der Waals surface area contributed by atoms with Gasteiger partial charge in [-0.25, -0.2) is 9.97 Å². The molecule has 1 fully saturated rings. The Morgan fingerprint density at radius 2 is 2.08 bits per heavy atom. The first-order valence-electron chi connectivity index (χ1n) is 8.18. The van der Waals surface area contributed by atoms with E-state index < -0.39 is 0 Å². The highest BCUT2D eigenvalue weighted by Crippen LogP contribution is 2.15. The summed E-state index contributed by atoms with van der Waals surface area (Å²) < 4.78 is 7.33. The van der Waals surface area contributed by atoms with Crippen molar-refractivity contribution >= 4 is 5.91 Å². The van der Waals surface area contributed by atoms with E-state index in [1.807, 2.05) is 31.9 Å². The number of nitrogens with zero attached hydrogens (tertiary/aromatic N) is 5. The van der Waals surface area contributed by atoms with E-state index in [9.17, 15) is 4.79 Å². The molecule has 0 saturated carbocycles. The molecule has 1 aliphatic rings. The summed E-state index contributed by atoms with van der Waals surface area (Å²) in [6.07, 6.45) is 4.06. The van der Waals surface area contributed by atoms with Crippen molar-refractivity contribution in [3.63, 3.8) is 0 Å². The number of ether oxygens (including phenoxy) is 1. The standard InChI is InChI=1S/C17H23N5O2/c1-12-6-13(2)20-16(19-12)7-14-9-22(4-5-24-11-14)17(23)15-8-18-21(3)10-15/h6,8,10,14H,4-5,7,9,11H2,1-3H3/t14-/m0/s1. The second kappa shape index (κ2) is 7.09. The van der Waals surface area contributed by atoms with E-state index in [1.54, 1.807) is 17.1 Å². The Bertz CT molecular complexity index is 707. The van der Waals surface area contributed by atoms with Gasteiger partial charge < -0.3 is 9.64 Å². The molecule has 1 aliphatic heterocycles. The number of hydrogen-bond acceptors (Lipinski definition) is 5. The topological polar surface area (TPSA) is 73.1 Å². The van der Waals surface area contributed by atoms with Crippen LogP contribution in [0.4, 0.5) is 0 Å². The first kappa shape index (κ1) is 16.6. The fourth-order valence-electron chi connectivity index (χ4n) is 3.05. The van der Waals surface area contributed by atoms with Gasteiger partial charge in [0.1, 0.15) is 5.82 Å². The highest BCUT2D eigenvalue weighted by atomic mass is 16.5. The molecule has 128 valence electrons. The van der Waals surface area contributed by atoms with Crippen LogP contribution in [-0.4, -0.2) is 56.9 Å². The molecule has 3 heterocycles. The van der Waals surface area contributed by atoms with Crippen LogP contribution in [0.2, 0.25) is 0 Å². The van der Waals surface area contributed by atoms with Gasteiger partial charge in [-0.3, -0.25) is 9.48 Å². The summed E-state index contributed by atoms with van der Waals surface area (Å²) in [5.74, 6) is 1.01. The third kappa shape index (κ3) is 3.97. The fraction of sp³-hybridized carbons (Fsp3) is 0.529. The van der Waals surface area contributed by atoms with Gasteiger partial charge >= 0.3 is 0 Å². The quantitative estimate of drug-likeness (QED) is 0.845. The van der Waals surface area contributed by atoms with Crippen LogP contribution >= 0.6 is 0 Å². The number of carbonyl (C=O) groups excluding carboxylic acids is 1. The molecule has 1 atom stereocenters. The summed E-state index contributed by atoms with van der Waals surface area (Å²) in [4.78, 5) is 23.5. The maximum absolute atomic E-state index is 12.7. The van der Waals surface area contributed by atoms with E-state index in [1.165, 1.54) is 0 Å². The predicted molar refractivity (Wildman–Crippen MR) is 88.6 cm³/mol. The number of amides is 1. The molecule has 0 radical (unpaired) electrons. The van der Waals surface area contributed by atoms with Crippen molar-refractivity contribution in [3.05, 3.63) is 41.2 Å². The molecule has 7 nitrogen and oxygen atoms in total. The lowest BCUT2D eigenvalue weighted by Gasteiger charge is -2.23. The molecule has 2 aromatic heterocycles. The van der Waals surface area contributed by atoms with Crippen molar-refractivity contribution in [1.82, 2.24) is 24.6 Å². The third-order valence-corrected chi connectivity index (χ3v) is 4.08. The summed E-state index contributed by atoms with van der Waals surface area (Å²) in [5, 5.41) is 4.08. The molecule has 1 saturated heterocycles. The van der Waals surface area contributed by atoms with Gasteiger partial charge in [0.05, 0.1) is 25.0 Å². The Morgan fingerprint density at radius 3 is 2.75 bits per heavy atom. The number of hydrogen-bond donors (Lipinski definition) is 0. The summed E-state index contributed by atoms with van der Waals surface area (Å²) >= 11 is 0. The number of aryl methyl sites for hydroxylation is 3. The molecule has 1 amide bonds. The lowest BCUT2D eigenvalue weighted by Crippen LogP contribution is -2.36. The van der Waals surface area contributed by atoms with Crippen LogP contribution in [0.5, 0.6) is 0 Å². The van der Waals surface area contributed by atoms with Gasteiger partial charge in [0.15, 0.2) is 0 Å². The SMILES string of the molecule is Cc1cc(C)nc(C[C@@H]2COCCN(C(=O)c3cnn(C)c3)C2)n1. The minimum atomic E-state index is -0.0000545. The molecule has 0 aromatic carbocycles. The smallest absolute Gasteiger partial charge is 0.257 e. The molecule has 3 rings (SSSR count). The highest BCUT2D eigenvalue weighted by Gasteiger charge is 2.25. The van der Waals surface area contributed by atoms with Gasteiger partial charge in [0.2, 0.25) is 0 Å². The van der Waals surface area contributed by atoms with Crippen molar-refractivity contribution in [2.24, 2.45) is 13.0 Å². The average molecular weight is 329 g/mol. The van der Waals surface area contributed by atoms with Gasteiger partial charge in [-0.2, -0.15) is 5.10 Å². The van der Waals surface area contributed by atoms with Gasteiger partial charge in [-0.05, 0) is 19.9 Å². The molecular formula is C17H23N5O2. The average Bonchev–Trinajstić information content (AvgIpc) is 2.81. The predicted octanol–water partition coefficient (Wildman–Crippen LogP) is 1.16. The van der Waals surface area contributed by atoms with E-state index in [0.717, 1.165) is 17.2 Å². The Labute approximate surface area is 141 Å². The fourth-order valence-corrected chi connectivity index (χ4v) is 3.05. The minimum Gasteiger partial charge on any atom is -0.379 e. The van der Waals surface area contributed by atoms with Crippen molar-refractivity contribution in [1.29, 1.82) is 0 Å². The molecule has 0 unspecified atom stereocenters. The number of aromatic nitrogens is 4. The monoisotopic (exact) mass is 329 g/mol. The second-order valence-corrected chi connectivity index (χ2v) is 6.37.